The van der Waals surface area contributed by atoms with Crippen molar-refractivity contribution in [3.05, 3.63) is 95.1 Å². The lowest BCUT2D eigenvalue weighted by Gasteiger charge is -2.20. The summed E-state index contributed by atoms with van der Waals surface area (Å²) in [6, 6.07) is 23.1. The van der Waals surface area contributed by atoms with E-state index in [4.69, 9.17) is 4.74 Å². The molecule has 0 saturated heterocycles. The SMILES string of the molecule is COc1cc(CNCC[C@H](Cc2ccccc2)NC(=O)c2cccc(C(C)=O)c2)cc(N(C)C)c1. The number of nitrogens with one attached hydrogen (secondary N) is 2. The average molecular weight is 474 g/mol. The standard InChI is InChI=1S/C29H35N3O3/c1-21(33)24-11-8-12-25(18-24)29(34)31-26(15-22-9-6-5-7-10-22)13-14-30-20-23-16-27(32(2)3)19-28(17-23)35-4/h5-12,16-19,26,30H,13-15,20H2,1-4H3,(H,31,34)/t26-/m1/s1. The maximum absolute atomic E-state index is 13.0. The molecule has 0 bridgehead atoms. The van der Waals surface area contributed by atoms with Crippen molar-refractivity contribution in [3.63, 3.8) is 0 Å². The largest absolute Gasteiger partial charge is 0.497 e. The number of rotatable bonds is 12. The fraction of sp³-hybridized carbons (Fsp3) is 0.310. The van der Waals surface area contributed by atoms with Gasteiger partial charge in [-0.25, -0.2) is 0 Å². The van der Waals surface area contributed by atoms with Crippen molar-refractivity contribution >= 4 is 17.4 Å². The molecule has 0 aromatic heterocycles. The van der Waals surface area contributed by atoms with Gasteiger partial charge in [0.25, 0.3) is 5.91 Å². The van der Waals surface area contributed by atoms with Gasteiger partial charge < -0.3 is 20.3 Å². The number of Topliss-reactive ketones (excluding diaryl/α,β-unsaturated/α-hetero) is 1. The number of ether oxygens (including phenoxy) is 1. The summed E-state index contributed by atoms with van der Waals surface area (Å²) in [6.07, 6.45) is 1.49. The number of carbonyl (C=O) groups excluding carboxylic acids is 2. The molecule has 6 nitrogen and oxygen atoms in total. The van der Waals surface area contributed by atoms with Crippen molar-refractivity contribution in [2.24, 2.45) is 0 Å². The summed E-state index contributed by atoms with van der Waals surface area (Å²) in [5.74, 6) is 0.604. The first-order valence-corrected chi connectivity index (χ1v) is 11.9. The zero-order valence-electron chi connectivity index (χ0n) is 21.0. The van der Waals surface area contributed by atoms with Gasteiger partial charge in [-0.15, -0.1) is 0 Å². The third kappa shape index (κ3) is 7.97. The Morgan fingerprint density at radius 1 is 0.914 bits per heavy atom. The summed E-state index contributed by atoms with van der Waals surface area (Å²) in [6.45, 7) is 2.94. The number of nitrogens with zero attached hydrogens (tertiary/aromatic N) is 1. The first-order valence-electron chi connectivity index (χ1n) is 11.9. The molecule has 0 fully saturated rings. The second-order valence-corrected chi connectivity index (χ2v) is 8.90. The Kier molecular flexibility index (Phi) is 9.44. The fourth-order valence-electron chi connectivity index (χ4n) is 3.90. The molecular formula is C29H35N3O3. The highest BCUT2D eigenvalue weighted by atomic mass is 16.5. The normalized spacial score (nSPS) is 11.5. The molecule has 35 heavy (non-hydrogen) atoms. The zero-order chi connectivity index (χ0) is 25.2. The second kappa shape index (κ2) is 12.7. The van der Waals surface area contributed by atoms with Crippen LogP contribution in [0.25, 0.3) is 0 Å². The van der Waals surface area contributed by atoms with Crippen LogP contribution in [-0.4, -0.2) is 45.5 Å². The van der Waals surface area contributed by atoms with Gasteiger partial charge in [-0.3, -0.25) is 9.59 Å². The van der Waals surface area contributed by atoms with Crippen LogP contribution < -0.4 is 20.3 Å². The van der Waals surface area contributed by atoms with E-state index in [1.807, 2.05) is 44.4 Å². The summed E-state index contributed by atoms with van der Waals surface area (Å²) in [4.78, 5) is 26.8. The van der Waals surface area contributed by atoms with Gasteiger partial charge >= 0.3 is 0 Å². The van der Waals surface area contributed by atoms with Crippen LogP contribution in [-0.2, 0) is 13.0 Å². The van der Waals surface area contributed by atoms with Gasteiger partial charge in [0.2, 0.25) is 0 Å². The number of hydrogen-bond acceptors (Lipinski definition) is 5. The number of carbonyl (C=O) groups is 2. The number of ketones is 1. The molecule has 3 rings (SSSR count). The average Bonchev–Trinajstić information content (AvgIpc) is 2.86. The molecule has 0 heterocycles. The summed E-state index contributed by atoms with van der Waals surface area (Å²) in [7, 11) is 5.69. The van der Waals surface area contributed by atoms with Crippen molar-refractivity contribution in [2.75, 3.05) is 32.6 Å². The smallest absolute Gasteiger partial charge is 0.251 e. The monoisotopic (exact) mass is 473 g/mol. The van der Waals surface area contributed by atoms with Crippen molar-refractivity contribution in [3.8, 4) is 5.75 Å². The molecule has 0 spiro atoms. The van der Waals surface area contributed by atoms with E-state index in [1.165, 1.54) is 12.5 Å². The van der Waals surface area contributed by atoms with Gasteiger partial charge in [-0.2, -0.15) is 0 Å². The van der Waals surface area contributed by atoms with Gasteiger partial charge in [0, 0.05) is 49.6 Å². The summed E-state index contributed by atoms with van der Waals surface area (Å²) >= 11 is 0. The second-order valence-electron chi connectivity index (χ2n) is 8.90. The minimum absolute atomic E-state index is 0.0546. The van der Waals surface area contributed by atoms with Crippen molar-refractivity contribution in [1.82, 2.24) is 10.6 Å². The van der Waals surface area contributed by atoms with Crippen LogP contribution in [0.4, 0.5) is 5.69 Å². The highest BCUT2D eigenvalue weighted by Crippen LogP contribution is 2.22. The van der Waals surface area contributed by atoms with Gasteiger partial charge in [-0.1, -0.05) is 42.5 Å². The molecule has 6 heteroatoms. The molecule has 3 aromatic carbocycles. The molecule has 0 aliphatic rings. The van der Waals surface area contributed by atoms with Gasteiger partial charge in [0.05, 0.1) is 7.11 Å². The topological polar surface area (TPSA) is 70.7 Å². The van der Waals surface area contributed by atoms with Gasteiger partial charge in [0.15, 0.2) is 5.78 Å². The van der Waals surface area contributed by atoms with E-state index in [2.05, 4.69) is 33.7 Å². The van der Waals surface area contributed by atoms with E-state index in [0.29, 0.717) is 17.7 Å². The lowest BCUT2D eigenvalue weighted by atomic mass is 10.0. The molecule has 2 N–H and O–H groups in total. The number of anilines is 1. The quantitative estimate of drug-likeness (QED) is 0.300. The van der Waals surface area contributed by atoms with Crippen LogP contribution in [0.5, 0.6) is 5.75 Å². The Hall–Kier alpha value is -3.64. The summed E-state index contributed by atoms with van der Waals surface area (Å²) in [5, 5.41) is 6.67. The Morgan fingerprint density at radius 3 is 2.34 bits per heavy atom. The van der Waals surface area contributed by atoms with Crippen molar-refractivity contribution in [1.29, 1.82) is 0 Å². The first-order chi connectivity index (χ1) is 16.9. The Balaban J connectivity index is 1.64. The number of hydrogen-bond donors (Lipinski definition) is 2. The first kappa shape index (κ1) is 26.0. The minimum Gasteiger partial charge on any atom is -0.497 e. The third-order valence-corrected chi connectivity index (χ3v) is 5.89. The molecule has 184 valence electrons. The highest BCUT2D eigenvalue weighted by Gasteiger charge is 2.15. The fourth-order valence-corrected chi connectivity index (χ4v) is 3.90. The Morgan fingerprint density at radius 2 is 1.66 bits per heavy atom. The van der Waals surface area contributed by atoms with E-state index in [1.54, 1.807) is 31.4 Å². The third-order valence-electron chi connectivity index (χ3n) is 5.89. The Bertz CT molecular complexity index is 1130. The molecule has 0 unspecified atom stereocenters. The number of benzene rings is 3. The molecule has 3 aromatic rings. The maximum Gasteiger partial charge on any atom is 0.251 e. The van der Waals surface area contributed by atoms with Crippen LogP contribution in [0, 0.1) is 0 Å². The summed E-state index contributed by atoms with van der Waals surface area (Å²) < 4.78 is 5.44. The molecule has 1 amide bonds. The minimum atomic E-state index is -0.169. The van der Waals surface area contributed by atoms with E-state index in [-0.39, 0.29) is 17.7 Å². The lowest BCUT2D eigenvalue weighted by molar-refractivity contribution is 0.0935. The van der Waals surface area contributed by atoms with Crippen LogP contribution in [0.3, 0.4) is 0 Å². The van der Waals surface area contributed by atoms with E-state index in [0.717, 1.165) is 36.4 Å². The zero-order valence-corrected chi connectivity index (χ0v) is 21.0. The van der Waals surface area contributed by atoms with Crippen LogP contribution in [0.15, 0.2) is 72.8 Å². The molecule has 1 atom stereocenters. The van der Waals surface area contributed by atoms with Crippen LogP contribution >= 0.6 is 0 Å². The highest BCUT2D eigenvalue weighted by molar-refractivity contribution is 5.99. The predicted molar refractivity (Wildman–Crippen MR) is 141 cm³/mol. The number of methoxy groups -OCH3 is 1. The molecule has 0 aliphatic carbocycles. The maximum atomic E-state index is 13.0. The predicted octanol–water partition coefficient (Wildman–Crippen LogP) is 4.48. The van der Waals surface area contributed by atoms with Crippen molar-refractivity contribution in [2.45, 2.75) is 32.4 Å². The molecule has 0 aliphatic heterocycles. The van der Waals surface area contributed by atoms with Crippen LogP contribution in [0.2, 0.25) is 0 Å². The van der Waals surface area contributed by atoms with Gasteiger partial charge in [-0.05, 0) is 61.7 Å². The van der Waals surface area contributed by atoms with Crippen molar-refractivity contribution < 1.29 is 14.3 Å². The van der Waals surface area contributed by atoms with E-state index < -0.39 is 0 Å². The molecular weight excluding hydrogens is 438 g/mol. The van der Waals surface area contributed by atoms with E-state index in [9.17, 15) is 9.59 Å². The van der Waals surface area contributed by atoms with E-state index >= 15 is 0 Å². The van der Waals surface area contributed by atoms with Crippen LogP contribution in [0.1, 0.15) is 45.2 Å². The molecule has 0 saturated carbocycles. The lowest BCUT2D eigenvalue weighted by Crippen LogP contribution is -2.38. The van der Waals surface area contributed by atoms with Gasteiger partial charge in [0.1, 0.15) is 5.75 Å². The number of amides is 1. The molecule has 0 radical (unpaired) electrons. The summed E-state index contributed by atoms with van der Waals surface area (Å²) in [5.41, 5.74) is 4.42. The Labute approximate surface area is 208 Å².